The predicted molar refractivity (Wildman–Crippen MR) is 71.2 cm³/mol. The van der Waals surface area contributed by atoms with E-state index in [1.807, 2.05) is 0 Å². The molecule has 0 aliphatic carbocycles. The summed E-state index contributed by atoms with van der Waals surface area (Å²) in [6.45, 7) is 0.523. The van der Waals surface area contributed by atoms with Crippen LogP contribution in [0.25, 0.3) is 0 Å². The molecule has 106 valence electrons. The zero-order valence-corrected chi connectivity index (χ0v) is 11.7. The highest BCUT2D eigenvalue weighted by atomic mass is 32.2. The van der Waals surface area contributed by atoms with E-state index in [4.69, 9.17) is 4.74 Å². The van der Waals surface area contributed by atoms with E-state index in [-0.39, 0.29) is 23.4 Å². The average molecular weight is 287 g/mol. The maximum Gasteiger partial charge on any atom is 0.322 e. The van der Waals surface area contributed by atoms with Gasteiger partial charge >= 0.3 is 6.01 Å². The van der Waals surface area contributed by atoms with E-state index in [0.717, 1.165) is 0 Å². The Hall–Kier alpha value is -1.64. The van der Waals surface area contributed by atoms with Crippen molar-refractivity contribution in [2.75, 3.05) is 42.8 Å². The molecular formula is C10H17N5O3S. The van der Waals surface area contributed by atoms with Gasteiger partial charge < -0.3 is 15.4 Å². The highest BCUT2D eigenvalue weighted by Crippen LogP contribution is 2.19. The Balaban J connectivity index is 1.99. The Morgan fingerprint density at radius 3 is 2.63 bits per heavy atom. The zero-order valence-electron chi connectivity index (χ0n) is 10.9. The largest absolute Gasteiger partial charge is 0.467 e. The van der Waals surface area contributed by atoms with Gasteiger partial charge in [0, 0.05) is 13.6 Å². The summed E-state index contributed by atoms with van der Waals surface area (Å²) in [6.07, 6.45) is 0.677. The molecule has 19 heavy (non-hydrogen) atoms. The van der Waals surface area contributed by atoms with E-state index < -0.39 is 9.84 Å². The number of anilines is 2. The van der Waals surface area contributed by atoms with Gasteiger partial charge in [-0.1, -0.05) is 0 Å². The Bertz CT molecular complexity index is 526. The minimum absolute atomic E-state index is 0.103. The fourth-order valence-corrected chi connectivity index (χ4v) is 3.77. The van der Waals surface area contributed by atoms with Crippen molar-refractivity contribution in [3.05, 3.63) is 0 Å². The maximum absolute atomic E-state index is 11.4. The molecule has 1 aromatic heterocycles. The number of nitrogens with zero attached hydrogens (tertiary/aromatic N) is 3. The maximum atomic E-state index is 11.4. The molecule has 1 aliphatic heterocycles. The Morgan fingerprint density at radius 1 is 1.32 bits per heavy atom. The van der Waals surface area contributed by atoms with Gasteiger partial charge in [0.2, 0.25) is 11.9 Å². The van der Waals surface area contributed by atoms with Gasteiger partial charge in [-0.15, -0.1) is 0 Å². The van der Waals surface area contributed by atoms with Gasteiger partial charge in [-0.25, -0.2) is 8.42 Å². The summed E-state index contributed by atoms with van der Waals surface area (Å²) in [5, 5.41) is 5.83. The van der Waals surface area contributed by atoms with Crippen molar-refractivity contribution in [3.8, 4) is 6.01 Å². The van der Waals surface area contributed by atoms with E-state index >= 15 is 0 Å². The molecule has 1 fully saturated rings. The molecule has 2 N–H and O–H groups in total. The van der Waals surface area contributed by atoms with Gasteiger partial charge in [-0.3, -0.25) is 0 Å². The number of methoxy groups -OCH3 is 1. The van der Waals surface area contributed by atoms with E-state index in [0.29, 0.717) is 24.9 Å². The second-order valence-electron chi connectivity index (χ2n) is 4.37. The summed E-state index contributed by atoms with van der Waals surface area (Å²) in [5.41, 5.74) is 0. The third-order valence-corrected chi connectivity index (χ3v) is 4.73. The van der Waals surface area contributed by atoms with Gasteiger partial charge in [0.05, 0.1) is 18.6 Å². The molecule has 0 aromatic carbocycles. The van der Waals surface area contributed by atoms with Crippen LogP contribution in [0.4, 0.5) is 11.9 Å². The lowest BCUT2D eigenvalue weighted by molar-refractivity contribution is 0.379. The summed E-state index contributed by atoms with van der Waals surface area (Å²) >= 11 is 0. The molecule has 1 aliphatic rings. The van der Waals surface area contributed by atoms with Crippen LogP contribution in [0.15, 0.2) is 0 Å². The second kappa shape index (κ2) is 5.55. The Kier molecular flexibility index (Phi) is 4.03. The number of rotatable bonds is 5. The summed E-state index contributed by atoms with van der Waals surface area (Å²) in [7, 11) is 0.315. The minimum atomic E-state index is -2.86. The molecule has 0 spiro atoms. The van der Waals surface area contributed by atoms with Crippen LogP contribution >= 0.6 is 0 Å². The molecule has 9 heteroatoms. The fraction of sp³-hybridized carbons (Fsp3) is 0.700. The lowest BCUT2D eigenvalue weighted by Gasteiger charge is -2.10. The Morgan fingerprint density at radius 2 is 2.05 bits per heavy atom. The lowest BCUT2D eigenvalue weighted by atomic mass is 10.1. The molecule has 0 radical (unpaired) electrons. The van der Waals surface area contributed by atoms with Crippen LogP contribution in [-0.2, 0) is 9.84 Å². The number of nitrogens with one attached hydrogen (secondary N) is 2. The van der Waals surface area contributed by atoms with E-state index in [9.17, 15) is 8.42 Å². The van der Waals surface area contributed by atoms with Crippen LogP contribution in [0, 0.1) is 5.92 Å². The first-order chi connectivity index (χ1) is 9.02. The first-order valence-corrected chi connectivity index (χ1v) is 7.76. The first kappa shape index (κ1) is 13.8. The molecule has 0 saturated carbocycles. The predicted octanol–water partition coefficient (Wildman–Crippen LogP) is -0.231. The molecule has 1 saturated heterocycles. The summed E-state index contributed by atoms with van der Waals surface area (Å²) in [4.78, 5) is 12.2. The first-order valence-electron chi connectivity index (χ1n) is 5.94. The van der Waals surface area contributed by atoms with Gasteiger partial charge in [-0.2, -0.15) is 15.0 Å². The molecule has 2 heterocycles. The standard InChI is InChI=1S/C10H17N5O3S/c1-11-8-13-9(15-10(14-8)18-2)12-5-7-3-4-19(16,17)6-7/h7H,3-6H2,1-2H3,(H2,11,12,13,14,15). The van der Waals surface area contributed by atoms with Crippen molar-refractivity contribution in [2.45, 2.75) is 6.42 Å². The number of sulfone groups is 1. The average Bonchev–Trinajstić information content (AvgIpc) is 2.75. The number of aromatic nitrogens is 3. The van der Waals surface area contributed by atoms with E-state index in [2.05, 4.69) is 25.6 Å². The molecule has 1 aromatic rings. The van der Waals surface area contributed by atoms with Gasteiger partial charge in [0.15, 0.2) is 9.84 Å². The third-order valence-electron chi connectivity index (χ3n) is 2.90. The van der Waals surface area contributed by atoms with Crippen molar-refractivity contribution in [2.24, 2.45) is 5.92 Å². The smallest absolute Gasteiger partial charge is 0.322 e. The number of hydrogen-bond donors (Lipinski definition) is 2. The monoisotopic (exact) mass is 287 g/mol. The van der Waals surface area contributed by atoms with Crippen LogP contribution in [0.1, 0.15) is 6.42 Å². The zero-order chi connectivity index (χ0) is 13.9. The van der Waals surface area contributed by atoms with Crippen LogP contribution in [0.5, 0.6) is 6.01 Å². The fourth-order valence-electron chi connectivity index (χ4n) is 1.91. The number of ether oxygens (including phenoxy) is 1. The third kappa shape index (κ3) is 3.66. The highest BCUT2D eigenvalue weighted by Gasteiger charge is 2.27. The van der Waals surface area contributed by atoms with Crippen molar-refractivity contribution in [3.63, 3.8) is 0 Å². The summed E-state index contributed by atoms with van der Waals surface area (Å²) in [6, 6.07) is 0.209. The van der Waals surface area contributed by atoms with E-state index in [1.165, 1.54) is 7.11 Å². The normalized spacial score (nSPS) is 21.1. The van der Waals surface area contributed by atoms with Crippen molar-refractivity contribution in [1.29, 1.82) is 0 Å². The quantitative estimate of drug-likeness (QED) is 0.765. The summed E-state index contributed by atoms with van der Waals surface area (Å²) in [5.74, 6) is 1.36. The lowest BCUT2D eigenvalue weighted by Crippen LogP contribution is -2.17. The molecule has 2 rings (SSSR count). The van der Waals surface area contributed by atoms with Crippen molar-refractivity contribution >= 4 is 21.7 Å². The van der Waals surface area contributed by atoms with E-state index in [1.54, 1.807) is 7.05 Å². The van der Waals surface area contributed by atoms with Gasteiger partial charge in [-0.05, 0) is 12.3 Å². The van der Waals surface area contributed by atoms with Crippen molar-refractivity contribution in [1.82, 2.24) is 15.0 Å². The highest BCUT2D eigenvalue weighted by molar-refractivity contribution is 7.91. The van der Waals surface area contributed by atoms with Crippen molar-refractivity contribution < 1.29 is 13.2 Å². The molecule has 0 bridgehead atoms. The minimum Gasteiger partial charge on any atom is -0.467 e. The van der Waals surface area contributed by atoms with Crippen LogP contribution in [0.2, 0.25) is 0 Å². The second-order valence-corrected chi connectivity index (χ2v) is 6.60. The number of hydrogen-bond acceptors (Lipinski definition) is 8. The molecule has 1 unspecified atom stereocenters. The molecule has 1 atom stereocenters. The Labute approximate surface area is 111 Å². The van der Waals surface area contributed by atoms with Gasteiger partial charge in [0.25, 0.3) is 0 Å². The molecule has 8 nitrogen and oxygen atoms in total. The topological polar surface area (TPSA) is 106 Å². The molecule has 0 amide bonds. The van der Waals surface area contributed by atoms with Crippen LogP contribution in [-0.4, -0.2) is 55.6 Å². The van der Waals surface area contributed by atoms with Crippen LogP contribution in [0.3, 0.4) is 0 Å². The van der Waals surface area contributed by atoms with Crippen LogP contribution < -0.4 is 15.4 Å². The molecular weight excluding hydrogens is 270 g/mol. The van der Waals surface area contributed by atoms with Gasteiger partial charge in [0.1, 0.15) is 0 Å². The summed E-state index contributed by atoms with van der Waals surface area (Å²) < 4.78 is 27.7. The SMILES string of the molecule is CNc1nc(NCC2CCS(=O)(=O)C2)nc(OC)n1.